The largest absolute Gasteiger partial charge is 0.462 e. The number of hydrogen-bond acceptors (Lipinski definition) is 4. The van der Waals surface area contributed by atoms with Crippen LogP contribution in [0.25, 0.3) is 0 Å². The van der Waals surface area contributed by atoms with Gasteiger partial charge >= 0.3 is 0 Å². The lowest BCUT2D eigenvalue weighted by Crippen LogP contribution is -2.32. The van der Waals surface area contributed by atoms with Crippen LogP contribution in [-0.2, 0) is 26.0 Å². The fourth-order valence-electron chi connectivity index (χ4n) is 3.99. The zero-order valence-electron chi connectivity index (χ0n) is 15.6. The van der Waals surface area contributed by atoms with Gasteiger partial charge in [-0.2, -0.15) is 5.10 Å². The molecular formula is C22H27N3O2. The maximum atomic E-state index is 9.12. The molecule has 1 saturated heterocycles. The summed E-state index contributed by atoms with van der Waals surface area (Å²) in [5.41, 5.74) is 4.06. The molecule has 5 nitrogen and oxygen atoms in total. The molecule has 0 amide bonds. The molecule has 1 aromatic carbocycles. The molecule has 2 aromatic heterocycles. The summed E-state index contributed by atoms with van der Waals surface area (Å²) in [6.45, 7) is 2.89. The average molecular weight is 365 g/mol. The van der Waals surface area contributed by atoms with Gasteiger partial charge in [-0.15, -0.1) is 0 Å². The number of benzene rings is 1. The zero-order chi connectivity index (χ0) is 18.5. The summed E-state index contributed by atoms with van der Waals surface area (Å²) >= 11 is 0. The van der Waals surface area contributed by atoms with Crippen molar-refractivity contribution in [3.05, 3.63) is 77.0 Å². The van der Waals surface area contributed by atoms with Crippen molar-refractivity contribution < 1.29 is 9.52 Å². The summed E-state index contributed by atoms with van der Waals surface area (Å²) in [6, 6.07) is 14.5. The third kappa shape index (κ3) is 4.49. The van der Waals surface area contributed by atoms with E-state index in [1.807, 2.05) is 18.3 Å². The Balaban J connectivity index is 1.31. The van der Waals surface area contributed by atoms with E-state index in [1.54, 1.807) is 0 Å². The number of aliphatic hydroxyl groups excluding tert-OH is 1. The Hall–Kier alpha value is -2.37. The highest BCUT2D eigenvalue weighted by atomic mass is 16.4. The maximum absolute atomic E-state index is 9.12. The molecule has 1 aliphatic heterocycles. The molecule has 1 aliphatic rings. The van der Waals surface area contributed by atoms with Crippen LogP contribution in [0.2, 0.25) is 0 Å². The predicted molar refractivity (Wildman–Crippen MR) is 104 cm³/mol. The second-order valence-electron chi connectivity index (χ2n) is 7.37. The van der Waals surface area contributed by atoms with Gasteiger partial charge in [0.15, 0.2) is 0 Å². The second kappa shape index (κ2) is 8.55. The lowest BCUT2D eigenvalue weighted by molar-refractivity contribution is 0.182. The Morgan fingerprint density at radius 3 is 2.56 bits per heavy atom. The van der Waals surface area contributed by atoms with E-state index >= 15 is 0 Å². The molecule has 1 fully saturated rings. The Labute approximate surface area is 160 Å². The van der Waals surface area contributed by atoms with E-state index in [4.69, 9.17) is 9.52 Å². The van der Waals surface area contributed by atoms with Crippen molar-refractivity contribution in [1.82, 2.24) is 15.1 Å². The van der Waals surface area contributed by atoms with E-state index in [0.29, 0.717) is 11.7 Å². The second-order valence-corrected chi connectivity index (χ2v) is 7.37. The normalized spacial score (nSPS) is 16.0. The Morgan fingerprint density at radius 1 is 1.04 bits per heavy atom. The van der Waals surface area contributed by atoms with Crippen LogP contribution in [-0.4, -0.2) is 33.3 Å². The van der Waals surface area contributed by atoms with E-state index in [-0.39, 0.29) is 6.61 Å². The van der Waals surface area contributed by atoms with Gasteiger partial charge in [-0.1, -0.05) is 30.3 Å². The monoisotopic (exact) mass is 365 g/mol. The molecule has 0 spiro atoms. The van der Waals surface area contributed by atoms with Crippen LogP contribution in [0, 0.1) is 0 Å². The Bertz CT molecular complexity index is 832. The molecule has 4 rings (SSSR count). The van der Waals surface area contributed by atoms with Gasteiger partial charge in [-0.05, 0) is 62.0 Å². The molecular weight excluding hydrogens is 338 g/mol. The third-order valence-corrected chi connectivity index (χ3v) is 5.53. The van der Waals surface area contributed by atoms with Crippen molar-refractivity contribution in [1.29, 1.82) is 0 Å². The molecule has 0 atom stereocenters. The summed E-state index contributed by atoms with van der Waals surface area (Å²) in [5, 5.41) is 16.7. The first-order chi connectivity index (χ1) is 13.3. The van der Waals surface area contributed by atoms with Crippen LogP contribution in [0.3, 0.4) is 0 Å². The van der Waals surface area contributed by atoms with E-state index in [2.05, 4.69) is 45.4 Å². The average Bonchev–Trinajstić information content (AvgIpc) is 3.37. The fraction of sp³-hybridized carbons (Fsp3) is 0.409. The number of hydrogen-bond donors (Lipinski definition) is 2. The highest BCUT2D eigenvalue weighted by Crippen LogP contribution is 2.30. The van der Waals surface area contributed by atoms with Gasteiger partial charge in [0.1, 0.15) is 18.1 Å². The highest BCUT2D eigenvalue weighted by Gasteiger charge is 2.24. The highest BCUT2D eigenvalue weighted by molar-refractivity contribution is 5.24. The first-order valence-electron chi connectivity index (χ1n) is 9.78. The van der Waals surface area contributed by atoms with Crippen LogP contribution < -0.4 is 0 Å². The van der Waals surface area contributed by atoms with Crippen LogP contribution in [0.1, 0.15) is 47.1 Å². The smallest absolute Gasteiger partial charge is 0.129 e. The minimum Gasteiger partial charge on any atom is -0.462 e. The lowest BCUT2D eigenvalue weighted by Gasteiger charge is -2.31. The number of nitrogens with zero attached hydrogens (tertiary/aromatic N) is 2. The van der Waals surface area contributed by atoms with Gasteiger partial charge in [0, 0.05) is 11.6 Å². The minimum absolute atomic E-state index is 0.0341. The first kappa shape index (κ1) is 18.0. The predicted octanol–water partition coefficient (Wildman–Crippen LogP) is 3.66. The molecule has 142 valence electrons. The summed E-state index contributed by atoms with van der Waals surface area (Å²) in [7, 11) is 0. The van der Waals surface area contributed by atoms with Gasteiger partial charge in [-0.25, -0.2) is 0 Å². The van der Waals surface area contributed by atoms with E-state index in [9.17, 15) is 0 Å². The van der Waals surface area contributed by atoms with E-state index < -0.39 is 0 Å². The quantitative estimate of drug-likeness (QED) is 0.671. The van der Waals surface area contributed by atoms with Crippen LogP contribution in [0.15, 0.2) is 53.1 Å². The van der Waals surface area contributed by atoms with Crippen LogP contribution >= 0.6 is 0 Å². The number of aryl methyl sites for hydroxylation is 2. The number of piperidine rings is 1. The molecule has 3 aromatic rings. The minimum atomic E-state index is -0.0341. The summed E-state index contributed by atoms with van der Waals surface area (Å²) in [6.07, 6.45) is 6.36. The number of nitrogens with one attached hydrogen (secondary N) is 1. The van der Waals surface area contributed by atoms with Crippen molar-refractivity contribution in [3.63, 3.8) is 0 Å². The molecule has 27 heavy (non-hydrogen) atoms. The topological polar surface area (TPSA) is 65.3 Å². The molecule has 0 aliphatic carbocycles. The number of aliphatic hydroxyl groups is 1. The maximum Gasteiger partial charge on any atom is 0.129 e. The Morgan fingerprint density at radius 2 is 1.81 bits per heavy atom. The zero-order valence-corrected chi connectivity index (χ0v) is 15.6. The molecule has 3 heterocycles. The van der Waals surface area contributed by atoms with Gasteiger partial charge in [0.2, 0.25) is 0 Å². The fourth-order valence-corrected chi connectivity index (χ4v) is 3.99. The number of aromatic amines is 1. The van der Waals surface area contributed by atoms with Gasteiger partial charge < -0.3 is 9.52 Å². The Kier molecular flexibility index (Phi) is 5.70. The van der Waals surface area contributed by atoms with Crippen LogP contribution in [0.5, 0.6) is 0 Å². The van der Waals surface area contributed by atoms with E-state index in [1.165, 1.54) is 16.8 Å². The molecule has 0 radical (unpaired) electrons. The van der Waals surface area contributed by atoms with Gasteiger partial charge in [0.05, 0.1) is 12.7 Å². The molecule has 0 saturated carbocycles. The summed E-state index contributed by atoms with van der Waals surface area (Å²) in [4.78, 5) is 2.43. The summed E-state index contributed by atoms with van der Waals surface area (Å²) < 4.78 is 5.62. The standard InChI is InChI=1S/C22H27N3O2/c26-16-21-9-8-20(27-21)15-25-12-10-18(11-13-25)22-19(14-23-24-22)7-6-17-4-2-1-3-5-17/h1-5,8-9,14,18,26H,6-7,10-13,15-16H2,(H,23,24). The number of H-pyrrole nitrogens is 1. The van der Waals surface area contributed by atoms with Gasteiger partial charge in [0.25, 0.3) is 0 Å². The molecule has 5 heteroatoms. The molecule has 0 unspecified atom stereocenters. The number of furan rings is 1. The third-order valence-electron chi connectivity index (χ3n) is 5.53. The number of rotatable bonds is 7. The van der Waals surface area contributed by atoms with Crippen LogP contribution in [0.4, 0.5) is 0 Å². The first-order valence-corrected chi connectivity index (χ1v) is 9.78. The van der Waals surface area contributed by atoms with Crippen molar-refractivity contribution in [2.24, 2.45) is 0 Å². The lowest BCUT2D eigenvalue weighted by atomic mass is 9.90. The van der Waals surface area contributed by atoms with Crippen molar-refractivity contribution in [2.45, 2.75) is 44.8 Å². The van der Waals surface area contributed by atoms with E-state index in [0.717, 1.165) is 51.1 Å². The summed E-state index contributed by atoms with van der Waals surface area (Å²) in [5.74, 6) is 2.13. The van der Waals surface area contributed by atoms with Crippen molar-refractivity contribution in [3.8, 4) is 0 Å². The molecule has 2 N–H and O–H groups in total. The van der Waals surface area contributed by atoms with Crippen molar-refractivity contribution in [2.75, 3.05) is 13.1 Å². The van der Waals surface area contributed by atoms with Crippen molar-refractivity contribution >= 4 is 0 Å². The SMILES string of the molecule is OCc1ccc(CN2CCC(c3[nH]ncc3CCc3ccccc3)CC2)o1. The number of likely N-dealkylation sites (tertiary alicyclic amines) is 1. The van der Waals surface area contributed by atoms with Gasteiger partial charge in [-0.3, -0.25) is 10.00 Å². The number of aromatic nitrogens is 2. The molecule has 0 bridgehead atoms.